The van der Waals surface area contributed by atoms with E-state index < -0.39 is 5.82 Å². The lowest BCUT2D eigenvalue weighted by atomic mass is 10.0. The third-order valence-corrected chi connectivity index (χ3v) is 6.77. The Bertz CT molecular complexity index is 1790. The lowest BCUT2D eigenvalue weighted by Gasteiger charge is -2.07. The van der Waals surface area contributed by atoms with Crippen molar-refractivity contribution >= 4 is 44.9 Å². The van der Waals surface area contributed by atoms with Gasteiger partial charge in [-0.1, -0.05) is 6.92 Å². The van der Waals surface area contributed by atoms with Crippen LogP contribution in [0.2, 0.25) is 0 Å². The van der Waals surface area contributed by atoms with E-state index in [2.05, 4.69) is 30.5 Å². The molecule has 0 saturated carbocycles. The number of imidazole rings is 1. The minimum absolute atomic E-state index is 0.107. The number of rotatable bonds is 6. The van der Waals surface area contributed by atoms with E-state index in [9.17, 15) is 9.18 Å². The molecule has 5 aromatic heterocycles. The molecule has 0 unspecified atom stereocenters. The van der Waals surface area contributed by atoms with E-state index in [-0.39, 0.29) is 16.6 Å². The number of H-pyrrole nitrogens is 2. The molecule has 11 heteroatoms. The molecule has 0 bridgehead atoms. The largest absolute Gasteiger partial charge is 0.337 e. The van der Waals surface area contributed by atoms with Crippen molar-refractivity contribution in [3.05, 3.63) is 65.9 Å². The zero-order chi connectivity index (χ0) is 25.5. The summed E-state index contributed by atoms with van der Waals surface area (Å²) in [6.07, 6.45) is 5.91. The Balaban J connectivity index is 1.43. The summed E-state index contributed by atoms with van der Waals surface area (Å²) in [5.41, 5.74) is 4.22. The summed E-state index contributed by atoms with van der Waals surface area (Å²) in [7, 11) is 0. The van der Waals surface area contributed by atoms with E-state index in [0.717, 1.165) is 17.8 Å². The number of thiophene rings is 1. The number of pyridine rings is 2. The Labute approximate surface area is 212 Å². The molecule has 0 aliphatic rings. The molecule has 6 aromatic rings. The fraction of sp³-hybridized carbons (Fsp3) is 0.115. The third kappa shape index (κ3) is 4.23. The van der Waals surface area contributed by atoms with Crippen molar-refractivity contribution in [3.63, 3.8) is 0 Å². The van der Waals surface area contributed by atoms with E-state index >= 15 is 4.39 Å². The van der Waals surface area contributed by atoms with Gasteiger partial charge in [0.05, 0.1) is 22.3 Å². The predicted octanol–water partition coefficient (Wildman–Crippen LogP) is 6.31. The summed E-state index contributed by atoms with van der Waals surface area (Å²) in [5.74, 6) is -0.175. The van der Waals surface area contributed by atoms with Crippen molar-refractivity contribution < 1.29 is 13.6 Å². The fourth-order valence-electron chi connectivity index (χ4n) is 4.21. The van der Waals surface area contributed by atoms with Gasteiger partial charge in [-0.15, -0.1) is 11.3 Å². The zero-order valence-electron chi connectivity index (χ0n) is 19.5. The first kappa shape index (κ1) is 22.9. The van der Waals surface area contributed by atoms with Crippen LogP contribution in [-0.4, -0.2) is 36.0 Å². The summed E-state index contributed by atoms with van der Waals surface area (Å²) in [5, 5.41) is 10.1. The van der Waals surface area contributed by atoms with Gasteiger partial charge in [-0.3, -0.25) is 19.9 Å². The molecule has 37 heavy (non-hydrogen) atoms. The summed E-state index contributed by atoms with van der Waals surface area (Å²) < 4.78 is 28.8. The normalized spacial score (nSPS) is 11.4. The Hall–Kier alpha value is -4.51. The standard InChI is InChI=1S/C26H19F2N7OS/c1-2-3-21(36)31-15-8-14(11-29-12-15)13-9-16-22(17(27)10-13)34-35-23(16)26-32-18-6-7-30-25(24(18)33-26)19-4-5-20(28)37-19/h4-12H,2-3H2,1H3,(H,31,36)(H,32,33)(H,34,35). The van der Waals surface area contributed by atoms with Crippen LogP contribution >= 0.6 is 11.3 Å². The summed E-state index contributed by atoms with van der Waals surface area (Å²) >= 11 is 0.989. The number of halogens is 2. The molecule has 0 spiro atoms. The highest BCUT2D eigenvalue weighted by molar-refractivity contribution is 7.13. The molecule has 0 saturated heterocycles. The number of carbonyl (C=O) groups excluding carboxylic acids is 1. The van der Waals surface area contributed by atoms with Crippen LogP contribution in [0, 0.1) is 10.9 Å². The molecule has 0 aliphatic heterocycles. The van der Waals surface area contributed by atoms with E-state index in [1.807, 2.05) is 6.92 Å². The molecular formula is C26H19F2N7OS. The molecule has 0 aliphatic carbocycles. The maximum Gasteiger partial charge on any atom is 0.224 e. The van der Waals surface area contributed by atoms with Crippen LogP contribution < -0.4 is 5.32 Å². The number of nitrogens with zero attached hydrogens (tertiary/aromatic N) is 4. The van der Waals surface area contributed by atoms with Gasteiger partial charge in [0.25, 0.3) is 0 Å². The minimum Gasteiger partial charge on any atom is -0.337 e. The van der Waals surface area contributed by atoms with Crippen LogP contribution in [-0.2, 0) is 4.79 Å². The van der Waals surface area contributed by atoms with E-state index in [0.29, 0.717) is 61.7 Å². The Morgan fingerprint density at radius 2 is 1.97 bits per heavy atom. The highest BCUT2D eigenvalue weighted by atomic mass is 32.1. The smallest absolute Gasteiger partial charge is 0.224 e. The highest BCUT2D eigenvalue weighted by Gasteiger charge is 2.19. The second kappa shape index (κ2) is 9.17. The summed E-state index contributed by atoms with van der Waals surface area (Å²) in [4.78, 5) is 29.2. The topological polar surface area (TPSA) is 112 Å². The first-order chi connectivity index (χ1) is 18.0. The van der Waals surface area contributed by atoms with Gasteiger partial charge in [-0.2, -0.15) is 9.49 Å². The quantitative estimate of drug-likeness (QED) is 0.241. The number of amides is 1. The lowest BCUT2D eigenvalue weighted by Crippen LogP contribution is -2.10. The number of hydrogen-bond acceptors (Lipinski definition) is 6. The average Bonchev–Trinajstić information content (AvgIpc) is 3.61. The monoisotopic (exact) mass is 515 g/mol. The average molecular weight is 516 g/mol. The van der Waals surface area contributed by atoms with Gasteiger partial charge in [0, 0.05) is 29.8 Å². The number of anilines is 1. The molecule has 1 amide bonds. The molecule has 184 valence electrons. The van der Waals surface area contributed by atoms with Crippen molar-refractivity contribution in [2.24, 2.45) is 0 Å². The van der Waals surface area contributed by atoms with Gasteiger partial charge in [0.1, 0.15) is 22.4 Å². The number of fused-ring (bicyclic) bond motifs is 2. The molecule has 8 nitrogen and oxygen atoms in total. The summed E-state index contributed by atoms with van der Waals surface area (Å²) in [6, 6.07) is 9.75. The number of benzene rings is 1. The predicted molar refractivity (Wildman–Crippen MR) is 139 cm³/mol. The molecule has 1 aromatic carbocycles. The number of carbonyl (C=O) groups is 1. The van der Waals surface area contributed by atoms with Crippen LogP contribution in [0.25, 0.3) is 55.2 Å². The highest BCUT2D eigenvalue weighted by Crippen LogP contribution is 2.35. The molecule has 6 rings (SSSR count). The molecule has 0 fully saturated rings. The Morgan fingerprint density at radius 3 is 2.78 bits per heavy atom. The van der Waals surface area contributed by atoms with Crippen LogP contribution in [0.5, 0.6) is 0 Å². The molecule has 0 radical (unpaired) electrons. The van der Waals surface area contributed by atoms with Gasteiger partial charge in [0.2, 0.25) is 5.91 Å². The third-order valence-electron chi connectivity index (χ3n) is 5.89. The van der Waals surface area contributed by atoms with Gasteiger partial charge in [0.15, 0.2) is 16.8 Å². The zero-order valence-corrected chi connectivity index (χ0v) is 20.3. The lowest BCUT2D eigenvalue weighted by molar-refractivity contribution is -0.116. The van der Waals surface area contributed by atoms with Crippen LogP contribution in [0.3, 0.4) is 0 Å². The fourth-order valence-corrected chi connectivity index (χ4v) is 4.94. The SMILES string of the molecule is CCCC(=O)Nc1cncc(-c2cc(F)c3n[nH]c(-c4nc5c(-c6ccc(F)s6)nccc5[nH]4)c3c2)c1. The van der Waals surface area contributed by atoms with Crippen LogP contribution in [0.15, 0.2) is 55.0 Å². The second-order valence-electron chi connectivity index (χ2n) is 8.46. The summed E-state index contributed by atoms with van der Waals surface area (Å²) in [6.45, 7) is 1.93. The number of hydrogen-bond donors (Lipinski definition) is 3. The maximum atomic E-state index is 15.1. The molecule has 0 atom stereocenters. The van der Waals surface area contributed by atoms with Crippen LogP contribution in [0.4, 0.5) is 14.5 Å². The van der Waals surface area contributed by atoms with E-state index in [4.69, 9.17) is 4.98 Å². The second-order valence-corrected chi connectivity index (χ2v) is 9.49. The van der Waals surface area contributed by atoms with E-state index in [1.165, 1.54) is 12.1 Å². The number of nitrogens with one attached hydrogen (secondary N) is 3. The molecule has 5 heterocycles. The Kier molecular flexibility index (Phi) is 5.68. The first-order valence-corrected chi connectivity index (χ1v) is 12.4. The van der Waals surface area contributed by atoms with Crippen molar-refractivity contribution in [1.29, 1.82) is 0 Å². The maximum absolute atomic E-state index is 15.1. The number of aromatic amines is 2. The van der Waals surface area contributed by atoms with Crippen LogP contribution in [0.1, 0.15) is 19.8 Å². The Morgan fingerprint density at radius 1 is 1.08 bits per heavy atom. The van der Waals surface area contributed by atoms with Gasteiger partial charge < -0.3 is 10.3 Å². The van der Waals surface area contributed by atoms with Crippen molar-refractivity contribution in [3.8, 4) is 33.2 Å². The molecular weight excluding hydrogens is 496 g/mol. The molecule has 3 N–H and O–H groups in total. The van der Waals surface area contributed by atoms with E-state index in [1.54, 1.807) is 42.9 Å². The van der Waals surface area contributed by atoms with Gasteiger partial charge >= 0.3 is 0 Å². The van der Waals surface area contributed by atoms with Gasteiger partial charge in [-0.05, 0) is 48.4 Å². The van der Waals surface area contributed by atoms with Crippen molar-refractivity contribution in [2.75, 3.05) is 5.32 Å². The number of aromatic nitrogens is 6. The van der Waals surface area contributed by atoms with Crippen molar-refractivity contribution in [1.82, 2.24) is 30.1 Å². The van der Waals surface area contributed by atoms with Gasteiger partial charge in [-0.25, -0.2) is 9.37 Å². The van der Waals surface area contributed by atoms with Crippen molar-refractivity contribution in [2.45, 2.75) is 19.8 Å². The first-order valence-electron chi connectivity index (χ1n) is 11.5. The minimum atomic E-state index is -0.511.